The van der Waals surface area contributed by atoms with Crippen LogP contribution in [0, 0.1) is 46.5 Å². The van der Waals surface area contributed by atoms with Crippen molar-refractivity contribution in [3.8, 4) is 21.1 Å². The van der Waals surface area contributed by atoms with Gasteiger partial charge in [-0.05, 0) is 12.8 Å². The highest BCUT2D eigenvalue weighted by Gasteiger charge is 2.34. The van der Waals surface area contributed by atoms with Gasteiger partial charge in [0.2, 0.25) is 0 Å². The van der Waals surface area contributed by atoms with Crippen LogP contribution >= 0.6 is 22.7 Å². The molecule has 2 aromatic heterocycles. The molecule has 4 nitrogen and oxygen atoms in total. The lowest BCUT2D eigenvalue weighted by atomic mass is 9.94. The monoisotopic (exact) mass is 546 g/mol. The van der Waals surface area contributed by atoms with Crippen molar-refractivity contribution in [1.29, 1.82) is 0 Å². The van der Waals surface area contributed by atoms with Gasteiger partial charge in [-0.1, -0.05) is 36.5 Å². The second-order valence-electron chi connectivity index (χ2n) is 7.47. The van der Waals surface area contributed by atoms with E-state index in [0.717, 1.165) is 0 Å². The topological polar surface area (TPSA) is 51.6 Å². The highest BCUT2D eigenvalue weighted by atomic mass is 32.1. The third kappa shape index (κ3) is 3.30. The molecule has 0 fully saturated rings. The molecule has 0 radical (unpaired) electrons. The first-order valence-corrected chi connectivity index (χ1v) is 11.9. The van der Waals surface area contributed by atoms with E-state index in [9.17, 15) is 8.78 Å². The Bertz CT molecular complexity index is 1710. The summed E-state index contributed by atoms with van der Waals surface area (Å²) in [5.74, 6) is -16.1. The largest absolute Gasteiger partial charge is 0.205 e. The molecule has 0 aliphatic carbocycles. The molecule has 0 N–H and O–H groups in total. The number of aromatic nitrogens is 4. The first-order valence-electron chi connectivity index (χ1n) is 10.2. The van der Waals surface area contributed by atoms with E-state index >= 15 is 26.3 Å². The first kappa shape index (κ1) is 24.4. The van der Waals surface area contributed by atoms with Crippen LogP contribution in [-0.2, 0) is 12.8 Å². The van der Waals surface area contributed by atoms with Crippen molar-refractivity contribution < 1.29 is 35.1 Å². The van der Waals surface area contributed by atoms with Crippen molar-refractivity contribution in [3.63, 3.8) is 0 Å². The summed E-state index contributed by atoms with van der Waals surface area (Å²) in [6, 6.07) is 0. The molecule has 2 heterocycles. The van der Waals surface area contributed by atoms with Gasteiger partial charge < -0.3 is 0 Å². The number of aryl methyl sites for hydroxylation is 2. The van der Waals surface area contributed by atoms with Crippen LogP contribution < -0.4 is 0 Å². The number of hydrogen-bond acceptors (Lipinski definition) is 6. The van der Waals surface area contributed by atoms with Crippen LogP contribution in [0.4, 0.5) is 35.1 Å². The predicted octanol–water partition coefficient (Wildman–Crippen LogP) is 7.27. The zero-order valence-electron chi connectivity index (χ0n) is 18.0. The van der Waals surface area contributed by atoms with Gasteiger partial charge in [-0.2, -0.15) is 0 Å². The lowest BCUT2D eigenvalue weighted by Gasteiger charge is -2.16. The Hall–Kier alpha value is -3.26. The SMILES string of the molecule is CCc1nnc(-c2c(F)c(F)c3c(c2F)c(F)c(F)c2c(-c4nnc(CC)s4)c(F)c(F)c(F)c23)s1. The number of rotatable bonds is 4. The van der Waals surface area contributed by atoms with Gasteiger partial charge in [0.25, 0.3) is 0 Å². The molecule has 14 heteroatoms. The normalized spacial score (nSPS) is 11.8. The second-order valence-corrected chi connectivity index (χ2v) is 9.60. The van der Waals surface area contributed by atoms with Crippen molar-refractivity contribution in [2.24, 2.45) is 0 Å². The van der Waals surface area contributed by atoms with Crippen LogP contribution in [0.5, 0.6) is 0 Å². The number of halogens is 8. The Balaban J connectivity index is 2.01. The summed E-state index contributed by atoms with van der Waals surface area (Å²) in [5.41, 5.74) is -2.21. The fourth-order valence-corrected chi connectivity index (χ4v) is 5.46. The first-order chi connectivity index (χ1) is 17.1. The Kier molecular flexibility index (Phi) is 5.90. The van der Waals surface area contributed by atoms with E-state index < -0.39 is 89.2 Å². The number of fused-ring (bicyclic) bond motifs is 3. The molecule has 0 unspecified atom stereocenters. The van der Waals surface area contributed by atoms with E-state index in [1.54, 1.807) is 13.8 Å². The molecular weight excluding hydrogens is 536 g/mol. The minimum atomic E-state index is -2.20. The van der Waals surface area contributed by atoms with Crippen LogP contribution in [-0.4, -0.2) is 20.4 Å². The van der Waals surface area contributed by atoms with Crippen molar-refractivity contribution >= 4 is 44.2 Å². The molecule has 36 heavy (non-hydrogen) atoms. The molecule has 0 spiro atoms. The predicted molar refractivity (Wildman–Crippen MR) is 118 cm³/mol. The fourth-order valence-electron chi connectivity index (χ4n) is 3.82. The lowest BCUT2D eigenvalue weighted by molar-refractivity contribution is 0.453. The second kappa shape index (κ2) is 8.69. The maximum absolute atomic E-state index is 15.5. The summed E-state index contributed by atoms with van der Waals surface area (Å²) in [4.78, 5) is 0. The van der Waals surface area contributed by atoms with E-state index in [2.05, 4.69) is 20.4 Å². The molecule has 0 saturated carbocycles. The fraction of sp³-hybridized carbons (Fsp3) is 0.182. The van der Waals surface area contributed by atoms with Crippen molar-refractivity contribution in [1.82, 2.24) is 20.4 Å². The van der Waals surface area contributed by atoms with E-state index in [-0.39, 0.29) is 0 Å². The number of nitrogens with zero attached hydrogens (tertiary/aromatic N) is 4. The van der Waals surface area contributed by atoms with Gasteiger partial charge in [0, 0.05) is 16.2 Å². The highest BCUT2D eigenvalue weighted by Crippen LogP contribution is 2.46. The number of hydrogen-bond donors (Lipinski definition) is 0. The van der Waals surface area contributed by atoms with E-state index in [0.29, 0.717) is 45.5 Å². The average Bonchev–Trinajstić information content (AvgIpc) is 3.53. The van der Waals surface area contributed by atoms with E-state index in [1.807, 2.05) is 0 Å². The molecule has 3 aromatic carbocycles. The Labute approximate surface area is 204 Å². The molecule has 0 atom stereocenters. The molecular formula is C22H10F8N4S2. The van der Waals surface area contributed by atoms with Gasteiger partial charge in [0.05, 0.1) is 16.5 Å². The van der Waals surface area contributed by atoms with E-state index in [4.69, 9.17) is 0 Å². The molecule has 0 bridgehead atoms. The summed E-state index contributed by atoms with van der Waals surface area (Å²) in [7, 11) is 0. The maximum atomic E-state index is 15.5. The molecule has 186 valence electrons. The molecule has 5 aromatic rings. The summed E-state index contributed by atoms with van der Waals surface area (Å²) in [6.07, 6.45) is 0.606. The molecule has 5 rings (SSSR count). The van der Waals surface area contributed by atoms with Crippen LogP contribution in [0.3, 0.4) is 0 Å². The third-order valence-electron chi connectivity index (χ3n) is 5.49. The van der Waals surface area contributed by atoms with Crippen LogP contribution in [0.25, 0.3) is 42.7 Å². The van der Waals surface area contributed by atoms with Gasteiger partial charge in [0.1, 0.15) is 15.8 Å². The molecule has 0 aliphatic rings. The van der Waals surface area contributed by atoms with Gasteiger partial charge in [-0.3, -0.25) is 0 Å². The van der Waals surface area contributed by atoms with Crippen LogP contribution in [0.2, 0.25) is 0 Å². The van der Waals surface area contributed by atoms with Crippen molar-refractivity contribution in [3.05, 3.63) is 56.6 Å². The quantitative estimate of drug-likeness (QED) is 0.103. The smallest absolute Gasteiger partial charge is 0.195 e. The van der Waals surface area contributed by atoms with Crippen molar-refractivity contribution in [2.75, 3.05) is 0 Å². The summed E-state index contributed by atoms with van der Waals surface area (Å²) in [5, 5.41) is 8.57. The number of benzene rings is 3. The van der Waals surface area contributed by atoms with E-state index in [1.165, 1.54) is 0 Å². The Morgan fingerprint density at radius 3 is 1.39 bits per heavy atom. The van der Waals surface area contributed by atoms with Crippen molar-refractivity contribution in [2.45, 2.75) is 26.7 Å². The summed E-state index contributed by atoms with van der Waals surface area (Å²) < 4.78 is 121. The molecule has 0 amide bonds. The summed E-state index contributed by atoms with van der Waals surface area (Å²) in [6.45, 7) is 3.31. The van der Waals surface area contributed by atoms with Crippen LogP contribution in [0.1, 0.15) is 23.9 Å². The zero-order valence-corrected chi connectivity index (χ0v) is 19.7. The summed E-state index contributed by atoms with van der Waals surface area (Å²) >= 11 is 1.34. The zero-order chi connectivity index (χ0) is 26.0. The van der Waals surface area contributed by atoms with Gasteiger partial charge in [0.15, 0.2) is 50.7 Å². The average molecular weight is 546 g/mol. The lowest BCUT2D eigenvalue weighted by Crippen LogP contribution is -2.06. The van der Waals surface area contributed by atoms with Gasteiger partial charge in [-0.25, -0.2) is 35.1 Å². The standard InChI is InChI=1S/C22H10F8N4S2/c1-3-5-31-33-21(35-5)11-9-7(16(26)20(30)18(11)28)8-10(17(27)15(9)25)13(23)12(19(29)14(8)24)22-34-32-6(4-2)36-22/h3-4H2,1-2H3. The molecule has 0 aliphatic heterocycles. The Morgan fingerprint density at radius 2 is 0.861 bits per heavy atom. The highest BCUT2D eigenvalue weighted by molar-refractivity contribution is 7.15. The third-order valence-corrected chi connectivity index (χ3v) is 7.66. The Morgan fingerprint density at radius 1 is 0.444 bits per heavy atom. The van der Waals surface area contributed by atoms with Gasteiger partial charge >= 0.3 is 0 Å². The minimum Gasteiger partial charge on any atom is -0.205 e. The minimum absolute atomic E-state index is 0.292. The van der Waals surface area contributed by atoms with Crippen LogP contribution in [0.15, 0.2) is 0 Å². The molecule has 0 saturated heterocycles. The maximum Gasteiger partial charge on any atom is 0.195 e. The van der Waals surface area contributed by atoms with Gasteiger partial charge in [-0.15, -0.1) is 20.4 Å².